The van der Waals surface area contributed by atoms with Gasteiger partial charge in [-0.1, -0.05) is 24.3 Å². The Hall–Kier alpha value is -3.16. The second-order valence-electron chi connectivity index (χ2n) is 6.92. The second-order valence-corrected chi connectivity index (χ2v) is 6.92. The highest BCUT2D eigenvalue weighted by Crippen LogP contribution is 2.29. The van der Waals surface area contributed by atoms with Crippen molar-refractivity contribution in [2.24, 2.45) is 0 Å². The number of hydrogen-bond acceptors (Lipinski definition) is 4. The van der Waals surface area contributed by atoms with E-state index in [0.717, 1.165) is 23.2 Å². The van der Waals surface area contributed by atoms with Crippen molar-refractivity contribution in [3.63, 3.8) is 0 Å². The number of halogens is 3. The lowest BCUT2D eigenvalue weighted by Crippen LogP contribution is -2.35. The van der Waals surface area contributed by atoms with Crippen LogP contribution in [-0.2, 0) is 6.18 Å². The summed E-state index contributed by atoms with van der Waals surface area (Å²) in [5.74, 6) is 0.342. The van der Waals surface area contributed by atoms with Gasteiger partial charge in [-0.05, 0) is 30.7 Å². The van der Waals surface area contributed by atoms with Crippen LogP contribution in [0.5, 0.6) is 0 Å². The van der Waals surface area contributed by atoms with Gasteiger partial charge in [-0.2, -0.15) is 13.2 Å². The molecule has 0 radical (unpaired) electrons. The van der Waals surface area contributed by atoms with Crippen LogP contribution in [0.3, 0.4) is 0 Å². The molecule has 2 aromatic heterocycles. The van der Waals surface area contributed by atoms with Gasteiger partial charge < -0.3 is 9.80 Å². The summed E-state index contributed by atoms with van der Waals surface area (Å²) in [6.45, 7) is 2.13. The number of para-hydroxylation sites is 1. The maximum absolute atomic E-state index is 12.9. The van der Waals surface area contributed by atoms with Crippen molar-refractivity contribution < 1.29 is 18.0 Å². The van der Waals surface area contributed by atoms with Crippen LogP contribution in [0.4, 0.5) is 19.0 Å². The number of carbonyl (C=O) groups excluding carboxylic acids is 1. The summed E-state index contributed by atoms with van der Waals surface area (Å²) in [5.41, 5.74) is 0.392. The predicted molar refractivity (Wildman–Crippen MR) is 104 cm³/mol. The Kier molecular flexibility index (Phi) is 5.08. The van der Waals surface area contributed by atoms with Gasteiger partial charge in [-0.25, -0.2) is 9.97 Å². The first-order valence-electron chi connectivity index (χ1n) is 9.35. The van der Waals surface area contributed by atoms with E-state index in [1.807, 2.05) is 35.2 Å². The van der Waals surface area contributed by atoms with Crippen LogP contribution in [0.15, 0.2) is 54.7 Å². The summed E-state index contributed by atoms with van der Waals surface area (Å²) in [4.78, 5) is 25.0. The number of carbonyl (C=O) groups is 1. The molecule has 4 rings (SSSR count). The number of amides is 1. The van der Waals surface area contributed by atoms with E-state index in [0.29, 0.717) is 44.1 Å². The standard InChI is InChI=1S/C21H19F3N4O/c22-21(23,24)16-7-9-19(25-14-16)27-10-3-11-28(13-12-27)20(29)18-8-6-15-4-1-2-5-17(15)26-18/h1-2,4-9,14H,3,10-13H2. The van der Waals surface area contributed by atoms with Crippen molar-refractivity contribution in [2.45, 2.75) is 12.6 Å². The van der Waals surface area contributed by atoms with Gasteiger partial charge in [0.25, 0.3) is 5.91 Å². The summed E-state index contributed by atoms with van der Waals surface area (Å²) in [6, 6.07) is 13.6. The molecule has 150 valence electrons. The highest BCUT2D eigenvalue weighted by atomic mass is 19.4. The van der Waals surface area contributed by atoms with Crippen LogP contribution in [-0.4, -0.2) is 47.0 Å². The zero-order chi connectivity index (χ0) is 20.4. The van der Waals surface area contributed by atoms with Gasteiger partial charge in [0.05, 0.1) is 11.1 Å². The molecule has 0 spiro atoms. The molecule has 0 N–H and O–H groups in total. The van der Waals surface area contributed by atoms with Gasteiger partial charge in [-0.15, -0.1) is 0 Å². The minimum Gasteiger partial charge on any atom is -0.355 e. The Bertz CT molecular complexity index is 1020. The lowest BCUT2D eigenvalue weighted by Gasteiger charge is -2.23. The molecule has 0 unspecified atom stereocenters. The minimum absolute atomic E-state index is 0.141. The van der Waals surface area contributed by atoms with E-state index in [1.165, 1.54) is 6.07 Å². The molecule has 3 aromatic rings. The fourth-order valence-electron chi connectivity index (χ4n) is 3.44. The molecule has 0 saturated carbocycles. The van der Waals surface area contributed by atoms with Crippen molar-refractivity contribution in [3.8, 4) is 0 Å². The van der Waals surface area contributed by atoms with Crippen molar-refractivity contribution in [2.75, 3.05) is 31.1 Å². The molecule has 1 aromatic carbocycles. The second kappa shape index (κ2) is 7.69. The van der Waals surface area contributed by atoms with Crippen LogP contribution >= 0.6 is 0 Å². The van der Waals surface area contributed by atoms with E-state index in [2.05, 4.69) is 9.97 Å². The van der Waals surface area contributed by atoms with Crippen molar-refractivity contribution in [1.82, 2.24) is 14.9 Å². The van der Waals surface area contributed by atoms with Crippen LogP contribution in [0.25, 0.3) is 10.9 Å². The third kappa shape index (κ3) is 4.16. The van der Waals surface area contributed by atoms with Gasteiger partial charge in [-0.3, -0.25) is 4.79 Å². The first kappa shape index (κ1) is 19.2. The zero-order valence-corrected chi connectivity index (χ0v) is 15.6. The van der Waals surface area contributed by atoms with Crippen molar-refractivity contribution >= 4 is 22.6 Å². The Balaban J connectivity index is 1.46. The number of fused-ring (bicyclic) bond motifs is 1. The molecule has 1 saturated heterocycles. The number of anilines is 1. The molecule has 0 atom stereocenters. The number of hydrogen-bond donors (Lipinski definition) is 0. The van der Waals surface area contributed by atoms with E-state index in [-0.39, 0.29) is 5.91 Å². The number of alkyl halides is 3. The maximum atomic E-state index is 12.9. The Labute approximate surface area is 165 Å². The molecule has 8 heteroatoms. The monoisotopic (exact) mass is 400 g/mol. The minimum atomic E-state index is -4.40. The summed E-state index contributed by atoms with van der Waals surface area (Å²) >= 11 is 0. The SMILES string of the molecule is O=C(c1ccc2ccccc2n1)N1CCCN(c2ccc(C(F)(F)F)cn2)CC1. The van der Waals surface area contributed by atoms with Crippen molar-refractivity contribution in [1.29, 1.82) is 0 Å². The molecular formula is C21H19F3N4O. The zero-order valence-electron chi connectivity index (χ0n) is 15.6. The van der Waals surface area contributed by atoms with E-state index < -0.39 is 11.7 Å². The average Bonchev–Trinajstić information content (AvgIpc) is 2.98. The lowest BCUT2D eigenvalue weighted by atomic mass is 10.2. The number of nitrogens with zero attached hydrogens (tertiary/aromatic N) is 4. The highest BCUT2D eigenvalue weighted by molar-refractivity contribution is 5.95. The largest absolute Gasteiger partial charge is 0.417 e. The van der Waals surface area contributed by atoms with Crippen molar-refractivity contribution in [3.05, 3.63) is 66.0 Å². The molecular weight excluding hydrogens is 381 g/mol. The topological polar surface area (TPSA) is 49.3 Å². The van der Waals surface area contributed by atoms with Gasteiger partial charge in [0, 0.05) is 37.8 Å². The molecule has 1 aliphatic rings. The van der Waals surface area contributed by atoms with Crippen LogP contribution in [0, 0.1) is 0 Å². The Morgan fingerprint density at radius 3 is 2.52 bits per heavy atom. The summed E-state index contributed by atoms with van der Waals surface area (Å²) in [6.07, 6.45) is -2.86. The number of rotatable bonds is 2. The Morgan fingerprint density at radius 1 is 0.931 bits per heavy atom. The van der Waals surface area contributed by atoms with Crippen LogP contribution in [0.1, 0.15) is 22.5 Å². The third-order valence-electron chi connectivity index (χ3n) is 5.00. The van der Waals surface area contributed by atoms with Crippen LogP contribution in [0.2, 0.25) is 0 Å². The fraction of sp³-hybridized carbons (Fsp3) is 0.286. The molecule has 1 fully saturated rings. The van der Waals surface area contributed by atoms with E-state index in [1.54, 1.807) is 11.0 Å². The molecule has 3 heterocycles. The third-order valence-corrected chi connectivity index (χ3v) is 5.00. The van der Waals surface area contributed by atoms with E-state index in [4.69, 9.17) is 0 Å². The number of aromatic nitrogens is 2. The summed E-state index contributed by atoms with van der Waals surface area (Å²) in [5, 5.41) is 0.972. The average molecular weight is 400 g/mol. The molecule has 0 aliphatic carbocycles. The predicted octanol–water partition coefficient (Wildman–Crippen LogP) is 4.00. The van der Waals surface area contributed by atoms with Gasteiger partial charge in [0.1, 0.15) is 11.5 Å². The molecule has 0 bridgehead atoms. The van der Waals surface area contributed by atoms with Crippen LogP contribution < -0.4 is 4.90 Å². The first-order chi connectivity index (χ1) is 13.9. The first-order valence-corrected chi connectivity index (χ1v) is 9.35. The van der Waals surface area contributed by atoms with E-state index >= 15 is 0 Å². The maximum Gasteiger partial charge on any atom is 0.417 e. The lowest BCUT2D eigenvalue weighted by molar-refractivity contribution is -0.137. The quantitative estimate of drug-likeness (QED) is 0.653. The van der Waals surface area contributed by atoms with Gasteiger partial charge in [0.2, 0.25) is 0 Å². The fourth-order valence-corrected chi connectivity index (χ4v) is 3.44. The Morgan fingerprint density at radius 2 is 1.76 bits per heavy atom. The number of benzene rings is 1. The van der Waals surface area contributed by atoms with Gasteiger partial charge >= 0.3 is 6.18 Å². The normalized spacial score (nSPS) is 15.4. The molecule has 1 aliphatic heterocycles. The smallest absolute Gasteiger partial charge is 0.355 e. The highest BCUT2D eigenvalue weighted by Gasteiger charge is 2.31. The summed E-state index contributed by atoms with van der Waals surface area (Å²) < 4.78 is 38.2. The molecule has 29 heavy (non-hydrogen) atoms. The number of pyridine rings is 2. The molecule has 1 amide bonds. The summed E-state index contributed by atoms with van der Waals surface area (Å²) in [7, 11) is 0. The molecule has 5 nitrogen and oxygen atoms in total. The van der Waals surface area contributed by atoms with E-state index in [9.17, 15) is 18.0 Å². The van der Waals surface area contributed by atoms with Gasteiger partial charge in [0.15, 0.2) is 0 Å².